The van der Waals surface area contributed by atoms with Crippen molar-refractivity contribution in [2.45, 2.75) is 6.92 Å². The van der Waals surface area contributed by atoms with Crippen LogP contribution in [0.25, 0.3) is 5.69 Å². The van der Waals surface area contributed by atoms with Gasteiger partial charge in [0.2, 0.25) is 0 Å². The number of anilines is 3. The maximum absolute atomic E-state index is 12.3. The van der Waals surface area contributed by atoms with Crippen molar-refractivity contribution in [3.63, 3.8) is 0 Å². The molecule has 7 heteroatoms. The minimum Gasteiger partial charge on any atom is -0.508 e. The van der Waals surface area contributed by atoms with Gasteiger partial charge in [-0.05, 0) is 43.3 Å². The molecule has 3 rings (SSSR count). The molecule has 2 aromatic carbocycles. The maximum Gasteiger partial charge on any atom is 0.345 e. The van der Waals surface area contributed by atoms with Gasteiger partial charge in [-0.1, -0.05) is 18.2 Å². The molecule has 0 bridgehead atoms. The molecule has 1 aromatic heterocycles. The van der Waals surface area contributed by atoms with Gasteiger partial charge in [-0.2, -0.15) is 0 Å². The van der Waals surface area contributed by atoms with Crippen LogP contribution in [-0.2, 0) is 4.74 Å². The van der Waals surface area contributed by atoms with E-state index in [9.17, 15) is 9.90 Å². The van der Waals surface area contributed by atoms with Crippen molar-refractivity contribution < 1.29 is 14.6 Å². The molecule has 128 valence electrons. The van der Waals surface area contributed by atoms with Crippen molar-refractivity contribution in [3.8, 4) is 11.4 Å². The Morgan fingerprint density at radius 2 is 1.88 bits per heavy atom. The molecular weight excluding hydrogens is 320 g/mol. The van der Waals surface area contributed by atoms with Crippen LogP contribution < -0.4 is 11.1 Å². The molecule has 0 atom stereocenters. The highest BCUT2D eigenvalue weighted by Gasteiger charge is 2.24. The van der Waals surface area contributed by atoms with Gasteiger partial charge < -0.3 is 20.9 Å². The fraction of sp³-hybridized carbons (Fsp3) is 0.111. The number of aromatic hydroxyl groups is 1. The van der Waals surface area contributed by atoms with Crippen LogP contribution in [0.5, 0.6) is 5.75 Å². The summed E-state index contributed by atoms with van der Waals surface area (Å²) < 4.78 is 6.58. The summed E-state index contributed by atoms with van der Waals surface area (Å²) >= 11 is 0. The topological polar surface area (TPSA) is 102 Å². The summed E-state index contributed by atoms with van der Waals surface area (Å²) in [4.78, 5) is 12.3. The molecule has 0 spiro atoms. The molecule has 0 unspecified atom stereocenters. The lowest BCUT2D eigenvalue weighted by Gasteiger charge is -2.06. The Bertz CT molecular complexity index is 873. The van der Waals surface area contributed by atoms with Gasteiger partial charge in [0.05, 0.1) is 12.3 Å². The van der Waals surface area contributed by atoms with Crippen molar-refractivity contribution >= 4 is 23.3 Å². The number of phenols is 1. The molecule has 25 heavy (non-hydrogen) atoms. The van der Waals surface area contributed by atoms with Crippen molar-refractivity contribution in [3.05, 3.63) is 60.2 Å². The Morgan fingerprint density at radius 3 is 2.52 bits per heavy atom. The lowest BCUT2D eigenvalue weighted by atomic mass is 10.2. The summed E-state index contributed by atoms with van der Waals surface area (Å²) in [6, 6.07) is 15.7. The van der Waals surface area contributed by atoms with E-state index in [0.29, 0.717) is 5.69 Å². The molecule has 1 heterocycles. The number of para-hydroxylation sites is 1. The average Bonchev–Trinajstić information content (AvgIpc) is 2.94. The van der Waals surface area contributed by atoms with E-state index in [4.69, 9.17) is 10.5 Å². The minimum absolute atomic E-state index is 0.144. The van der Waals surface area contributed by atoms with Crippen LogP contribution in [-0.4, -0.2) is 27.5 Å². The monoisotopic (exact) mass is 338 g/mol. The zero-order valence-corrected chi connectivity index (χ0v) is 13.6. The lowest BCUT2D eigenvalue weighted by molar-refractivity contribution is 0.0529. The predicted octanol–water partition coefficient (Wildman–Crippen LogP) is 3.08. The van der Waals surface area contributed by atoms with Crippen LogP contribution in [0.15, 0.2) is 54.6 Å². The van der Waals surface area contributed by atoms with Gasteiger partial charge in [-0.3, -0.25) is 0 Å². The molecule has 0 aliphatic heterocycles. The molecule has 0 aliphatic carbocycles. The molecule has 4 N–H and O–H groups in total. The van der Waals surface area contributed by atoms with E-state index >= 15 is 0 Å². The number of hydrogen-bond donors (Lipinski definition) is 3. The van der Waals surface area contributed by atoms with E-state index < -0.39 is 5.97 Å². The molecule has 0 saturated heterocycles. The summed E-state index contributed by atoms with van der Waals surface area (Å²) in [5.41, 5.74) is 7.71. The second kappa shape index (κ2) is 6.96. The standard InChI is InChI=1S/C18H18N4O3/c1-2-25-18(24)15-16(19)22(13-6-4-3-5-7-13)21-17(15)20-12-8-10-14(23)11-9-12/h3-11,23H,2,19H2,1H3,(H,20,21). The Kier molecular flexibility index (Phi) is 4.56. The largest absolute Gasteiger partial charge is 0.508 e. The fourth-order valence-electron chi connectivity index (χ4n) is 2.37. The number of nitrogens with two attached hydrogens (primary N) is 1. The molecule has 7 nitrogen and oxygen atoms in total. The highest BCUT2D eigenvalue weighted by atomic mass is 16.5. The van der Waals surface area contributed by atoms with Crippen LogP contribution in [0.1, 0.15) is 17.3 Å². The summed E-state index contributed by atoms with van der Waals surface area (Å²) in [6.07, 6.45) is 0. The molecular formula is C18H18N4O3. The summed E-state index contributed by atoms with van der Waals surface area (Å²) in [7, 11) is 0. The summed E-state index contributed by atoms with van der Waals surface area (Å²) in [5.74, 6) is 0.0605. The van der Waals surface area contributed by atoms with Gasteiger partial charge >= 0.3 is 5.97 Å². The number of rotatable bonds is 5. The minimum atomic E-state index is -0.552. The number of nitrogens with zero attached hydrogens (tertiary/aromatic N) is 2. The molecule has 0 amide bonds. The number of aromatic nitrogens is 2. The maximum atomic E-state index is 12.3. The predicted molar refractivity (Wildman–Crippen MR) is 95.3 cm³/mol. The van der Waals surface area contributed by atoms with E-state index in [1.165, 1.54) is 16.8 Å². The molecule has 0 aliphatic rings. The third-order valence-electron chi connectivity index (χ3n) is 3.53. The number of phenolic OH excluding ortho intramolecular Hbond substituents is 1. The van der Waals surface area contributed by atoms with Gasteiger partial charge in [-0.15, -0.1) is 5.10 Å². The lowest BCUT2D eigenvalue weighted by Crippen LogP contribution is -2.10. The molecule has 0 saturated carbocycles. The van der Waals surface area contributed by atoms with Crippen LogP contribution in [0.2, 0.25) is 0 Å². The van der Waals surface area contributed by atoms with E-state index in [0.717, 1.165) is 5.69 Å². The van der Waals surface area contributed by atoms with Crippen LogP contribution in [0.4, 0.5) is 17.3 Å². The van der Waals surface area contributed by atoms with E-state index in [1.807, 2.05) is 30.3 Å². The van der Waals surface area contributed by atoms with Crippen LogP contribution >= 0.6 is 0 Å². The van der Waals surface area contributed by atoms with Crippen LogP contribution in [0, 0.1) is 0 Å². The molecule has 3 aromatic rings. The zero-order valence-electron chi connectivity index (χ0n) is 13.6. The second-order valence-electron chi connectivity index (χ2n) is 5.25. The van der Waals surface area contributed by atoms with E-state index in [-0.39, 0.29) is 29.6 Å². The quantitative estimate of drug-likeness (QED) is 0.488. The second-order valence-corrected chi connectivity index (χ2v) is 5.25. The molecule has 0 fully saturated rings. The Hall–Kier alpha value is -3.48. The number of carbonyl (C=O) groups is 1. The molecule has 0 radical (unpaired) electrons. The third-order valence-corrected chi connectivity index (χ3v) is 3.53. The smallest absolute Gasteiger partial charge is 0.345 e. The number of nitrogen functional groups attached to an aromatic ring is 1. The van der Waals surface area contributed by atoms with Crippen molar-refractivity contribution in [2.75, 3.05) is 17.7 Å². The fourth-order valence-corrected chi connectivity index (χ4v) is 2.37. The number of esters is 1. The van der Waals surface area contributed by atoms with E-state index in [1.54, 1.807) is 19.1 Å². The Morgan fingerprint density at radius 1 is 1.20 bits per heavy atom. The number of hydrogen-bond acceptors (Lipinski definition) is 6. The SMILES string of the molecule is CCOC(=O)c1c(Nc2ccc(O)cc2)nn(-c2ccccc2)c1N. The first-order valence-electron chi connectivity index (χ1n) is 7.77. The van der Waals surface area contributed by atoms with Crippen molar-refractivity contribution in [2.24, 2.45) is 0 Å². The number of benzene rings is 2. The summed E-state index contributed by atoms with van der Waals surface area (Å²) in [6.45, 7) is 1.95. The van der Waals surface area contributed by atoms with Gasteiger partial charge in [0.25, 0.3) is 0 Å². The third kappa shape index (κ3) is 3.40. The van der Waals surface area contributed by atoms with Gasteiger partial charge in [0.15, 0.2) is 5.82 Å². The Balaban J connectivity index is 2.05. The van der Waals surface area contributed by atoms with Crippen LogP contribution in [0.3, 0.4) is 0 Å². The van der Waals surface area contributed by atoms with Crippen molar-refractivity contribution in [1.82, 2.24) is 9.78 Å². The van der Waals surface area contributed by atoms with Crippen molar-refractivity contribution in [1.29, 1.82) is 0 Å². The summed E-state index contributed by atoms with van der Waals surface area (Å²) in [5, 5.41) is 16.9. The first-order chi connectivity index (χ1) is 12.1. The van der Waals surface area contributed by atoms with E-state index in [2.05, 4.69) is 10.4 Å². The van der Waals surface area contributed by atoms with Gasteiger partial charge in [0, 0.05) is 5.69 Å². The number of carbonyl (C=O) groups excluding carboxylic acids is 1. The van der Waals surface area contributed by atoms with Gasteiger partial charge in [0.1, 0.15) is 17.1 Å². The highest BCUT2D eigenvalue weighted by Crippen LogP contribution is 2.28. The zero-order chi connectivity index (χ0) is 17.8. The average molecular weight is 338 g/mol. The first-order valence-corrected chi connectivity index (χ1v) is 7.77. The highest BCUT2D eigenvalue weighted by molar-refractivity contribution is 6.00. The Labute approximate surface area is 144 Å². The number of ether oxygens (including phenoxy) is 1. The normalized spacial score (nSPS) is 10.4. The number of nitrogens with one attached hydrogen (secondary N) is 1. The van der Waals surface area contributed by atoms with Gasteiger partial charge in [-0.25, -0.2) is 9.48 Å². The first kappa shape index (κ1) is 16.4.